The zero-order valence-corrected chi connectivity index (χ0v) is 17.4. The van der Waals surface area contributed by atoms with Gasteiger partial charge in [0.1, 0.15) is 5.71 Å². The molecule has 3 aromatic carbocycles. The zero-order valence-electron chi connectivity index (χ0n) is 17.4. The number of unbranched alkanes of at least 4 members (excludes halogenated alkanes) is 1. The molecule has 0 radical (unpaired) electrons. The van der Waals surface area contributed by atoms with Crippen LogP contribution in [0.15, 0.2) is 95.1 Å². The maximum atomic E-state index is 13.2. The zero-order chi connectivity index (χ0) is 21.6. The van der Waals surface area contributed by atoms with Crippen molar-refractivity contribution >= 4 is 28.8 Å². The fourth-order valence-electron chi connectivity index (χ4n) is 3.55. The molecule has 0 unspecified atom stereocenters. The number of carbonyl (C=O) groups excluding carboxylic acids is 2. The van der Waals surface area contributed by atoms with E-state index in [-0.39, 0.29) is 23.1 Å². The lowest BCUT2D eigenvalue weighted by molar-refractivity contribution is -0.112. The highest BCUT2D eigenvalue weighted by Crippen LogP contribution is 2.29. The molecule has 5 nitrogen and oxygen atoms in total. The van der Waals surface area contributed by atoms with Crippen LogP contribution in [-0.4, -0.2) is 29.7 Å². The highest BCUT2D eigenvalue weighted by atomic mass is 16.2. The minimum atomic E-state index is -0.238. The molecule has 31 heavy (non-hydrogen) atoms. The summed E-state index contributed by atoms with van der Waals surface area (Å²) in [5.74, 6) is -0.421. The molecule has 3 aromatic rings. The number of nitrogens with zero attached hydrogens (tertiary/aromatic N) is 3. The normalized spacial score (nSPS) is 14.7. The van der Waals surface area contributed by atoms with E-state index in [1.165, 1.54) is 0 Å². The highest BCUT2D eigenvalue weighted by Gasteiger charge is 2.33. The fourth-order valence-corrected chi connectivity index (χ4v) is 3.55. The summed E-state index contributed by atoms with van der Waals surface area (Å²) in [6.45, 7) is 2.72. The lowest BCUT2D eigenvalue weighted by atomic mass is 10.0. The van der Waals surface area contributed by atoms with E-state index < -0.39 is 0 Å². The molecular formula is C26H23N3O2. The summed E-state index contributed by atoms with van der Waals surface area (Å²) in [6.07, 6.45) is 1.89. The van der Waals surface area contributed by atoms with Gasteiger partial charge in [-0.2, -0.15) is 0 Å². The number of para-hydroxylation sites is 1. The molecule has 0 spiro atoms. The maximum absolute atomic E-state index is 13.2. The van der Waals surface area contributed by atoms with Gasteiger partial charge in [-0.1, -0.05) is 92.2 Å². The quantitative estimate of drug-likeness (QED) is 0.316. The van der Waals surface area contributed by atoms with Gasteiger partial charge in [0.25, 0.3) is 5.91 Å². The van der Waals surface area contributed by atoms with Crippen molar-refractivity contribution in [2.45, 2.75) is 19.8 Å². The predicted octanol–water partition coefficient (Wildman–Crippen LogP) is 4.91. The molecule has 1 amide bonds. The van der Waals surface area contributed by atoms with Crippen LogP contribution in [0, 0.1) is 0 Å². The van der Waals surface area contributed by atoms with Crippen LogP contribution in [0.25, 0.3) is 0 Å². The topological polar surface area (TPSA) is 62.1 Å². The molecule has 1 aliphatic heterocycles. The second-order valence-corrected chi connectivity index (χ2v) is 7.29. The second kappa shape index (κ2) is 9.30. The van der Waals surface area contributed by atoms with E-state index in [1.54, 1.807) is 17.0 Å². The minimum Gasteiger partial charge on any atom is -0.306 e. The third-order valence-corrected chi connectivity index (χ3v) is 5.18. The molecule has 4 rings (SSSR count). The third kappa shape index (κ3) is 4.21. The van der Waals surface area contributed by atoms with Gasteiger partial charge in [0.05, 0.1) is 5.69 Å². The Morgan fingerprint density at radius 1 is 0.839 bits per heavy atom. The Balaban J connectivity index is 1.78. The number of benzene rings is 3. The minimum absolute atomic E-state index is 0.182. The van der Waals surface area contributed by atoms with Crippen LogP contribution in [-0.2, 0) is 4.79 Å². The first-order valence-electron chi connectivity index (χ1n) is 10.4. The molecule has 0 bridgehead atoms. The summed E-state index contributed by atoms with van der Waals surface area (Å²) in [5, 5.41) is 8.64. The van der Waals surface area contributed by atoms with Crippen molar-refractivity contribution in [2.75, 3.05) is 11.4 Å². The Bertz CT molecular complexity index is 1150. The lowest BCUT2D eigenvalue weighted by Crippen LogP contribution is -2.31. The summed E-state index contributed by atoms with van der Waals surface area (Å²) in [6, 6.07) is 25.7. The van der Waals surface area contributed by atoms with E-state index in [0.717, 1.165) is 24.1 Å². The molecule has 0 aromatic heterocycles. The molecule has 154 valence electrons. The first-order valence-corrected chi connectivity index (χ1v) is 10.4. The summed E-state index contributed by atoms with van der Waals surface area (Å²) < 4.78 is 0. The van der Waals surface area contributed by atoms with Crippen LogP contribution in [0.4, 0.5) is 5.69 Å². The van der Waals surface area contributed by atoms with Crippen molar-refractivity contribution < 1.29 is 9.59 Å². The van der Waals surface area contributed by atoms with Crippen LogP contribution in [0.1, 0.15) is 41.3 Å². The van der Waals surface area contributed by atoms with Crippen molar-refractivity contribution in [3.05, 3.63) is 102 Å². The van der Waals surface area contributed by atoms with E-state index >= 15 is 0 Å². The van der Waals surface area contributed by atoms with E-state index in [2.05, 4.69) is 17.1 Å². The number of ketones is 1. The number of anilines is 1. The number of rotatable bonds is 7. The van der Waals surface area contributed by atoms with Gasteiger partial charge < -0.3 is 4.90 Å². The third-order valence-electron chi connectivity index (χ3n) is 5.18. The number of carbonyl (C=O) groups is 2. The largest absolute Gasteiger partial charge is 0.306 e. The van der Waals surface area contributed by atoms with Gasteiger partial charge in [0.15, 0.2) is 5.71 Å². The molecule has 0 saturated heterocycles. The van der Waals surface area contributed by atoms with Crippen molar-refractivity contribution in [3.63, 3.8) is 0 Å². The second-order valence-electron chi connectivity index (χ2n) is 7.29. The summed E-state index contributed by atoms with van der Waals surface area (Å²) in [5.41, 5.74) is 3.23. The summed E-state index contributed by atoms with van der Waals surface area (Å²) in [4.78, 5) is 28.0. The number of amides is 1. The SMILES string of the molecule is CCCCN1C(=O)/C(=N\N=C(\C(=O)c2ccccc2)c2ccccc2)c2ccccc21. The number of hydrogen-bond acceptors (Lipinski definition) is 4. The summed E-state index contributed by atoms with van der Waals surface area (Å²) in [7, 11) is 0. The Morgan fingerprint density at radius 2 is 1.45 bits per heavy atom. The Labute approximate surface area is 181 Å². The van der Waals surface area contributed by atoms with Gasteiger partial charge in [0, 0.05) is 23.2 Å². The molecule has 0 aliphatic carbocycles. The molecule has 0 atom stereocenters. The average molecular weight is 409 g/mol. The van der Waals surface area contributed by atoms with E-state index in [9.17, 15) is 9.59 Å². The predicted molar refractivity (Wildman–Crippen MR) is 124 cm³/mol. The van der Waals surface area contributed by atoms with Gasteiger partial charge in [-0.05, 0) is 12.5 Å². The molecular weight excluding hydrogens is 386 g/mol. The van der Waals surface area contributed by atoms with Gasteiger partial charge in [-0.15, -0.1) is 10.2 Å². The first kappa shape index (κ1) is 20.4. The Morgan fingerprint density at radius 3 is 2.13 bits per heavy atom. The molecule has 1 aliphatic rings. The maximum Gasteiger partial charge on any atom is 0.279 e. The summed E-state index contributed by atoms with van der Waals surface area (Å²) >= 11 is 0. The molecule has 1 heterocycles. The van der Waals surface area contributed by atoms with E-state index in [4.69, 9.17) is 0 Å². The monoisotopic (exact) mass is 409 g/mol. The Kier molecular flexibility index (Phi) is 6.13. The van der Waals surface area contributed by atoms with Crippen LogP contribution in [0.5, 0.6) is 0 Å². The van der Waals surface area contributed by atoms with Crippen LogP contribution >= 0.6 is 0 Å². The van der Waals surface area contributed by atoms with Crippen molar-refractivity contribution in [1.29, 1.82) is 0 Å². The van der Waals surface area contributed by atoms with Gasteiger partial charge in [0.2, 0.25) is 5.78 Å². The average Bonchev–Trinajstić information content (AvgIpc) is 3.09. The van der Waals surface area contributed by atoms with Crippen molar-refractivity contribution in [2.24, 2.45) is 10.2 Å². The number of hydrogen-bond donors (Lipinski definition) is 0. The van der Waals surface area contributed by atoms with E-state index in [0.29, 0.717) is 17.7 Å². The fraction of sp³-hybridized carbons (Fsp3) is 0.154. The van der Waals surface area contributed by atoms with Gasteiger partial charge in [-0.25, -0.2) is 0 Å². The van der Waals surface area contributed by atoms with Crippen LogP contribution in [0.2, 0.25) is 0 Å². The van der Waals surface area contributed by atoms with E-state index in [1.807, 2.05) is 72.8 Å². The number of Topliss-reactive ketones (excluding diaryl/α,β-unsaturated/α-hetero) is 1. The molecule has 0 N–H and O–H groups in total. The van der Waals surface area contributed by atoms with Crippen molar-refractivity contribution in [1.82, 2.24) is 0 Å². The van der Waals surface area contributed by atoms with Crippen LogP contribution in [0.3, 0.4) is 0 Å². The van der Waals surface area contributed by atoms with Gasteiger partial charge >= 0.3 is 0 Å². The molecule has 0 fully saturated rings. The first-order chi connectivity index (χ1) is 15.2. The standard InChI is InChI=1S/C26H23N3O2/c1-2-3-18-29-22-17-11-10-16-21(22)24(26(29)31)28-27-23(19-12-6-4-7-13-19)25(30)20-14-8-5-9-15-20/h4-17H,2-3,18H2,1H3/b27-23+,28-24-. The lowest BCUT2D eigenvalue weighted by Gasteiger charge is -2.15. The number of fused-ring (bicyclic) bond motifs is 1. The highest BCUT2D eigenvalue weighted by molar-refractivity contribution is 6.55. The molecule has 5 heteroatoms. The van der Waals surface area contributed by atoms with Gasteiger partial charge in [-0.3, -0.25) is 9.59 Å². The molecule has 0 saturated carbocycles. The van der Waals surface area contributed by atoms with Crippen molar-refractivity contribution in [3.8, 4) is 0 Å². The van der Waals surface area contributed by atoms with Crippen LogP contribution < -0.4 is 4.90 Å². The Hall–Kier alpha value is -3.86. The smallest absolute Gasteiger partial charge is 0.279 e.